The number of ether oxygens (including phenoxy) is 1. The lowest BCUT2D eigenvalue weighted by molar-refractivity contribution is 0.414. The molecule has 7 nitrogen and oxygen atoms in total. The standard InChI is InChI=1S/C25H32N6O/c1-26-25(28-17-24-27-13-15-31(24)18-20-8-4-3-5-9-20)29-21-10-7-14-30(19-21)22-11-6-12-23(16-22)32-2/h3-6,8-9,11-13,15-16,21H,7,10,14,17-19H2,1-2H3,(H2,26,28,29). The van der Waals surface area contributed by atoms with Gasteiger partial charge in [0.1, 0.15) is 11.6 Å². The first-order chi connectivity index (χ1) is 15.7. The van der Waals surface area contributed by atoms with Crippen molar-refractivity contribution in [3.8, 4) is 5.75 Å². The molecule has 2 N–H and O–H groups in total. The minimum absolute atomic E-state index is 0.324. The average Bonchev–Trinajstić information content (AvgIpc) is 3.29. The van der Waals surface area contributed by atoms with Crippen LogP contribution in [0.15, 0.2) is 72.0 Å². The summed E-state index contributed by atoms with van der Waals surface area (Å²) in [5.74, 6) is 2.68. The van der Waals surface area contributed by atoms with E-state index in [1.54, 1.807) is 7.11 Å². The van der Waals surface area contributed by atoms with Crippen molar-refractivity contribution in [2.24, 2.45) is 4.99 Å². The van der Waals surface area contributed by atoms with Crippen LogP contribution < -0.4 is 20.3 Å². The third-order valence-electron chi connectivity index (χ3n) is 5.82. The topological polar surface area (TPSA) is 66.7 Å². The molecule has 1 saturated heterocycles. The van der Waals surface area contributed by atoms with Gasteiger partial charge in [0.05, 0.1) is 13.7 Å². The zero-order valence-electron chi connectivity index (χ0n) is 18.9. The Morgan fingerprint density at radius 1 is 1.19 bits per heavy atom. The van der Waals surface area contributed by atoms with Crippen molar-refractivity contribution in [1.29, 1.82) is 0 Å². The fourth-order valence-corrected chi connectivity index (χ4v) is 4.12. The van der Waals surface area contributed by atoms with Gasteiger partial charge in [0.2, 0.25) is 0 Å². The summed E-state index contributed by atoms with van der Waals surface area (Å²) in [5.41, 5.74) is 2.45. The molecule has 0 amide bonds. The normalized spacial score (nSPS) is 16.6. The highest BCUT2D eigenvalue weighted by Gasteiger charge is 2.21. The minimum atomic E-state index is 0.324. The molecule has 2 aromatic carbocycles. The first-order valence-electron chi connectivity index (χ1n) is 11.2. The maximum Gasteiger partial charge on any atom is 0.191 e. The molecule has 32 heavy (non-hydrogen) atoms. The summed E-state index contributed by atoms with van der Waals surface area (Å²) >= 11 is 0. The molecule has 1 aliphatic rings. The zero-order chi connectivity index (χ0) is 22.2. The smallest absolute Gasteiger partial charge is 0.191 e. The fourth-order valence-electron chi connectivity index (χ4n) is 4.12. The van der Waals surface area contributed by atoms with Crippen LogP contribution in [-0.4, -0.2) is 48.8 Å². The molecule has 1 unspecified atom stereocenters. The molecule has 4 rings (SSSR count). The summed E-state index contributed by atoms with van der Waals surface area (Å²) in [6, 6.07) is 19.0. The summed E-state index contributed by atoms with van der Waals surface area (Å²) in [5, 5.41) is 7.03. The van der Waals surface area contributed by atoms with Crippen LogP contribution in [0.2, 0.25) is 0 Å². The SMILES string of the molecule is CN=C(NCc1nccn1Cc1ccccc1)NC1CCCN(c2cccc(OC)c2)C1. The highest BCUT2D eigenvalue weighted by molar-refractivity contribution is 5.80. The van der Waals surface area contributed by atoms with Crippen molar-refractivity contribution in [1.82, 2.24) is 20.2 Å². The van der Waals surface area contributed by atoms with E-state index >= 15 is 0 Å². The summed E-state index contributed by atoms with van der Waals surface area (Å²) in [6.45, 7) is 3.40. The number of imidazole rings is 1. The Morgan fingerprint density at radius 3 is 2.88 bits per heavy atom. The van der Waals surface area contributed by atoms with Gasteiger partial charge in [-0.05, 0) is 30.5 Å². The molecule has 168 valence electrons. The predicted octanol–water partition coefficient (Wildman–Crippen LogP) is 3.27. The lowest BCUT2D eigenvalue weighted by Crippen LogP contribution is -2.51. The van der Waals surface area contributed by atoms with Gasteiger partial charge in [-0.1, -0.05) is 36.4 Å². The number of aliphatic imine (C=N–C) groups is 1. The van der Waals surface area contributed by atoms with Gasteiger partial charge in [-0.3, -0.25) is 4.99 Å². The van der Waals surface area contributed by atoms with Crippen molar-refractivity contribution in [2.45, 2.75) is 32.0 Å². The number of nitrogens with one attached hydrogen (secondary N) is 2. The second-order valence-electron chi connectivity index (χ2n) is 8.01. The van der Waals surface area contributed by atoms with Crippen LogP contribution in [0, 0.1) is 0 Å². The molecular weight excluding hydrogens is 400 g/mol. The van der Waals surface area contributed by atoms with Crippen molar-refractivity contribution < 1.29 is 4.74 Å². The van der Waals surface area contributed by atoms with Crippen molar-refractivity contribution >= 4 is 11.6 Å². The molecule has 0 radical (unpaired) electrons. The monoisotopic (exact) mass is 432 g/mol. The molecule has 1 aliphatic heterocycles. The largest absolute Gasteiger partial charge is 0.497 e. The van der Waals surface area contributed by atoms with Crippen molar-refractivity contribution in [3.63, 3.8) is 0 Å². The maximum atomic E-state index is 5.39. The summed E-state index contributed by atoms with van der Waals surface area (Å²) in [7, 11) is 3.52. The van der Waals surface area contributed by atoms with Gasteiger partial charge in [0, 0.05) is 56.9 Å². The van der Waals surface area contributed by atoms with Gasteiger partial charge in [0.15, 0.2) is 5.96 Å². The zero-order valence-corrected chi connectivity index (χ0v) is 18.9. The number of guanidine groups is 1. The van der Waals surface area contributed by atoms with Gasteiger partial charge in [-0.25, -0.2) is 4.98 Å². The lowest BCUT2D eigenvalue weighted by atomic mass is 10.0. The Kier molecular flexibility index (Phi) is 7.27. The fraction of sp³-hybridized carbons (Fsp3) is 0.360. The van der Waals surface area contributed by atoms with Crippen LogP contribution in [0.5, 0.6) is 5.75 Å². The highest BCUT2D eigenvalue weighted by atomic mass is 16.5. The van der Waals surface area contributed by atoms with Crippen LogP contribution in [0.3, 0.4) is 0 Å². The molecule has 1 aromatic heterocycles. The van der Waals surface area contributed by atoms with Gasteiger partial charge < -0.3 is 24.8 Å². The Bertz CT molecular complexity index is 1020. The maximum absolute atomic E-state index is 5.39. The third-order valence-corrected chi connectivity index (χ3v) is 5.82. The summed E-state index contributed by atoms with van der Waals surface area (Å²) < 4.78 is 7.56. The van der Waals surface area contributed by atoms with Crippen LogP contribution in [0.4, 0.5) is 5.69 Å². The van der Waals surface area contributed by atoms with E-state index in [1.165, 1.54) is 11.3 Å². The molecule has 2 heterocycles. The van der Waals surface area contributed by atoms with E-state index in [0.717, 1.165) is 50.0 Å². The third kappa shape index (κ3) is 5.60. The molecule has 1 atom stereocenters. The van der Waals surface area contributed by atoms with Crippen molar-refractivity contribution in [2.75, 3.05) is 32.1 Å². The molecule has 3 aromatic rings. The van der Waals surface area contributed by atoms with E-state index in [4.69, 9.17) is 4.74 Å². The number of hydrogen-bond acceptors (Lipinski definition) is 4. The van der Waals surface area contributed by atoms with Crippen LogP contribution in [0.1, 0.15) is 24.2 Å². The number of hydrogen-bond donors (Lipinski definition) is 2. The van der Waals surface area contributed by atoms with E-state index in [1.807, 2.05) is 37.6 Å². The van der Waals surface area contributed by atoms with Crippen LogP contribution in [-0.2, 0) is 13.1 Å². The predicted molar refractivity (Wildman–Crippen MR) is 129 cm³/mol. The number of benzene rings is 2. The lowest BCUT2D eigenvalue weighted by Gasteiger charge is -2.35. The van der Waals surface area contributed by atoms with Crippen LogP contribution >= 0.6 is 0 Å². The van der Waals surface area contributed by atoms with E-state index in [0.29, 0.717) is 12.6 Å². The van der Waals surface area contributed by atoms with Gasteiger partial charge in [0.25, 0.3) is 0 Å². The summed E-state index contributed by atoms with van der Waals surface area (Å²) in [6.07, 6.45) is 6.12. The van der Waals surface area contributed by atoms with Gasteiger partial charge in [-0.15, -0.1) is 0 Å². The first-order valence-corrected chi connectivity index (χ1v) is 11.2. The Labute approximate surface area is 190 Å². The van der Waals surface area contributed by atoms with Crippen molar-refractivity contribution in [3.05, 3.63) is 78.4 Å². The van der Waals surface area contributed by atoms with E-state index < -0.39 is 0 Å². The second-order valence-corrected chi connectivity index (χ2v) is 8.01. The molecule has 7 heteroatoms. The molecule has 0 bridgehead atoms. The summed E-state index contributed by atoms with van der Waals surface area (Å²) in [4.78, 5) is 11.4. The average molecular weight is 433 g/mol. The molecule has 0 saturated carbocycles. The molecule has 1 fully saturated rings. The number of methoxy groups -OCH3 is 1. The van der Waals surface area contributed by atoms with Crippen LogP contribution in [0.25, 0.3) is 0 Å². The number of piperidine rings is 1. The minimum Gasteiger partial charge on any atom is -0.497 e. The molecule has 0 spiro atoms. The molecule has 0 aliphatic carbocycles. The number of anilines is 1. The van der Waals surface area contributed by atoms with E-state index in [2.05, 4.69) is 66.5 Å². The van der Waals surface area contributed by atoms with E-state index in [9.17, 15) is 0 Å². The number of rotatable bonds is 7. The second kappa shape index (κ2) is 10.7. The number of nitrogens with zero attached hydrogens (tertiary/aromatic N) is 4. The van der Waals surface area contributed by atoms with Gasteiger partial charge in [-0.2, -0.15) is 0 Å². The Morgan fingerprint density at radius 2 is 2.06 bits per heavy atom. The highest BCUT2D eigenvalue weighted by Crippen LogP contribution is 2.24. The first kappa shape index (κ1) is 21.7. The Hall–Kier alpha value is -3.48. The van der Waals surface area contributed by atoms with E-state index in [-0.39, 0.29) is 0 Å². The molecular formula is C25H32N6O. The van der Waals surface area contributed by atoms with Gasteiger partial charge >= 0.3 is 0 Å². The Balaban J connectivity index is 1.33. The number of aromatic nitrogens is 2. The quantitative estimate of drug-likeness (QED) is 0.443.